The molecule has 0 bridgehead atoms. The summed E-state index contributed by atoms with van der Waals surface area (Å²) in [6.07, 6.45) is 0. The summed E-state index contributed by atoms with van der Waals surface area (Å²) in [6.45, 7) is 0. The van der Waals surface area contributed by atoms with Crippen LogP contribution in [0.25, 0.3) is 0 Å². The van der Waals surface area contributed by atoms with E-state index in [2.05, 4.69) is 13.4 Å². The van der Waals surface area contributed by atoms with Gasteiger partial charge in [-0.3, -0.25) is 4.52 Å². The molecule has 0 aliphatic heterocycles. The van der Waals surface area contributed by atoms with E-state index in [1.54, 1.807) is 0 Å². The quantitative estimate of drug-likeness (QED) is 0.606. The third-order valence-electron chi connectivity index (χ3n) is 0.645. The molecule has 1 unspecified atom stereocenters. The molecule has 0 aromatic carbocycles. The maximum atomic E-state index is 11.2. The van der Waals surface area contributed by atoms with Crippen LogP contribution in [0.2, 0.25) is 0 Å². The Morgan fingerprint density at radius 1 is 1.21 bits per heavy atom. The highest BCUT2D eigenvalue weighted by Crippen LogP contribution is 2.63. The molecule has 86 valence electrons. The smallest absolute Gasteiger partial charge is 0.302 e. The summed E-state index contributed by atoms with van der Waals surface area (Å²) in [7, 11) is -8.88. The lowest BCUT2D eigenvalue weighted by Crippen LogP contribution is -2.08. The van der Waals surface area contributed by atoms with E-state index < -0.39 is 19.6 Å². The van der Waals surface area contributed by atoms with Gasteiger partial charge in [-0.1, -0.05) is 34.8 Å². The minimum Gasteiger partial charge on any atom is -0.302 e. The summed E-state index contributed by atoms with van der Waals surface area (Å²) in [6, 6.07) is 0. The van der Waals surface area contributed by atoms with Crippen molar-refractivity contribution in [2.75, 3.05) is 7.11 Å². The molecule has 0 radical (unpaired) electrons. The molecule has 7 nitrogen and oxygen atoms in total. The van der Waals surface area contributed by atoms with Crippen molar-refractivity contribution in [3.8, 4) is 0 Å². The van der Waals surface area contributed by atoms with E-state index in [0.29, 0.717) is 0 Å². The van der Waals surface area contributed by atoms with Crippen molar-refractivity contribution in [3.05, 3.63) is 0 Å². The summed E-state index contributed by atoms with van der Waals surface area (Å²) in [5.74, 6) is 0. The lowest BCUT2D eigenvalue weighted by atomic mass is 11.7. The number of phosphoric ester groups is 1. The molecule has 0 saturated carbocycles. The van der Waals surface area contributed by atoms with Gasteiger partial charge in [0, 0.05) is 7.11 Å². The first kappa shape index (κ1) is 15.1. The molecule has 2 N–H and O–H groups in total. The van der Waals surface area contributed by atoms with E-state index in [4.69, 9.17) is 44.6 Å². The second-order valence-electron chi connectivity index (χ2n) is 1.74. The fourth-order valence-corrected chi connectivity index (χ4v) is 2.88. The third kappa shape index (κ3) is 7.43. The fourth-order valence-electron chi connectivity index (χ4n) is 0.344. The topological polar surface area (TPSA) is 102 Å². The van der Waals surface area contributed by atoms with Crippen LogP contribution < -0.4 is 0 Å². The standard InChI is InChI=1S/C2H5Cl3O7P2/c1-10-14(9,11-2(3,4)5)12-13(6,7)8/h1H3,(H2,6,7,8). The average Bonchev–Trinajstić information content (AvgIpc) is 1.78. The molecule has 0 heterocycles. The molecule has 0 amide bonds. The zero-order valence-corrected chi connectivity index (χ0v) is 10.5. The molecule has 0 spiro atoms. The van der Waals surface area contributed by atoms with Gasteiger partial charge in [0.15, 0.2) is 0 Å². The van der Waals surface area contributed by atoms with Crippen LogP contribution in [0.3, 0.4) is 0 Å². The van der Waals surface area contributed by atoms with Gasteiger partial charge >= 0.3 is 19.6 Å². The maximum Gasteiger partial charge on any atom is 0.487 e. The number of alkyl halides is 3. The Hall–Kier alpha value is 1.13. The van der Waals surface area contributed by atoms with Crippen molar-refractivity contribution in [1.29, 1.82) is 0 Å². The highest BCUT2D eigenvalue weighted by molar-refractivity contribution is 7.61. The molecule has 0 aromatic heterocycles. The molecular weight excluding hydrogens is 304 g/mol. The summed E-state index contributed by atoms with van der Waals surface area (Å²) in [5, 5.41) is 0. The van der Waals surface area contributed by atoms with Crippen LogP contribution in [0, 0.1) is 0 Å². The average molecular weight is 309 g/mol. The minimum atomic E-state index is -5.08. The molecule has 0 aromatic rings. The highest BCUT2D eigenvalue weighted by Gasteiger charge is 2.41. The van der Waals surface area contributed by atoms with E-state index >= 15 is 0 Å². The first-order valence-electron chi connectivity index (χ1n) is 2.67. The minimum absolute atomic E-state index is 0.798. The molecule has 1 atom stereocenters. The highest BCUT2D eigenvalue weighted by atomic mass is 35.6. The van der Waals surface area contributed by atoms with Crippen molar-refractivity contribution in [2.45, 2.75) is 3.98 Å². The number of phosphoric acid groups is 2. The summed E-state index contributed by atoms with van der Waals surface area (Å²) < 4.78 is 30.8. The van der Waals surface area contributed by atoms with E-state index in [0.717, 1.165) is 7.11 Å². The van der Waals surface area contributed by atoms with Crippen molar-refractivity contribution in [2.24, 2.45) is 0 Å². The predicted octanol–water partition coefficient (Wildman–Crippen LogP) is 2.19. The fraction of sp³-hybridized carbons (Fsp3) is 1.00. The zero-order chi connectivity index (χ0) is 11.6. The maximum absolute atomic E-state index is 11.2. The Morgan fingerprint density at radius 2 is 1.64 bits per heavy atom. The van der Waals surface area contributed by atoms with Crippen molar-refractivity contribution in [3.63, 3.8) is 0 Å². The summed E-state index contributed by atoms with van der Waals surface area (Å²) >= 11 is 15.1. The lowest BCUT2D eigenvalue weighted by Gasteiger charge is -2.19. The van der Waals surface area contributed by atoms with E-state index in [9.17, 15) is 9.13 Å². The molecule has 0 rings (SSSR count). The number of hydrogen-bond donors (Lipinski definition) is 2. The van der Waals surface area contributed by atoms with Gasteiger partial charge in [0.1, 0.15) is 0 Å². The molecular formula is C2H5Cl3O7P2. The second kappa shape index (κ2) is 4.97. The van der Waals surface area contributed by atoms with Gasteiger partial charge in [-0.25, -0.2) is 13.7 Å². The van der Waals surface area contributed by atoms with Gasteiger partial charge in [0.05, 0.1) is 0 Å². The number of hydrogen-bond acceptors (Lipinski definition) is 5. The van der Waals surface area contributed by atoms with Gasteiger partial charge in [-0.15, -0.1) is 0 Å². The monoisotopic (exact) mass is 308 g/mol. The molecule has 0 aliphatic rings. The molecule has 0 saturated heterocycles. The van der Waals surface area contributed by atoms with Crippen LogP contribution in [0.4, 0.5) is 0 Å². The van der Waals surface area contributed by atoms with Crippen LogP contribution in [0.15, 0.2) is 0 Å². The second-order valence-corrected chi connectivity index (χ2v) is 6.99. The largest absolute Gasteiger partial charge is 0.487 e. The summed E-state index contributed by atoms with van der Waals surface area (Å²) in [5.41, 5.74) is 0. The van der Waals surface area contributed by atoms with Gasteiger partial charge in [0.25, 0.3) is 0 Å². The van der Waals surface area contributed by atoms with Crippen LogP contribution in [-0.2, 0) is 22.5 Å². The van der Waals surface area contributed by atoms with Crippen LogP contribution in [0.1, 0.15) is 0 Å². The Kier molecular flexibility index (Phi) is 5.38. The molecule has 12 heteroatoms. The van der Waals surface area contributed by atoms with E-state index in [-0.39, 0.29) is 0 Å². The Balaban J connectivity index is 4.67. The number of rotatable bonds is 4. The molecule has 0 fully saturated rings. The Bertz CT molecular complexity index is 279. The third-order valence-corrected chi connectivity index (χ3v) is 3.80. The van der Waals surface area contributed by atoms with Crippen LogP contribution >= 0.6 is 50.4 Å². The van der Waals surface area contributed by atoms with Crippen LogP contribution in [-0.4, -0.2) is 20.9 Å². The molecule has 14 heavy (non-hydrogen) atoms. The van der Waals surface area contributed by atoms with Crippen LogP contribution in [0.5, 0.6) is 0 Å². The van der Waals surface area contributed by atoms with Gasteiger partial charge < -0.3 is 9.79 Å². The Labute approximate surface area is 94.0 Å². The van der Waals surface area contributed by atoms with E-state index in [1.807, 2.05) is 0 Å². The predicted molar refractivity (Wildman–Crippen MR) is 49.1 cm³/mol. The van der Waals surface area contributed by atoms with Gasteiger partial charge in [-0.2, -0.15) is 4.31 Å². The number of halogens is 3. The molecule has 0 aliphatic carbocycles. The lowest BCUT2D eigenvalue weighted by molar-refractivity contribution is 0.158. The normalized spacial score (nSPS) is 17.9. The first-order valence-corrected chi connectivity index (χ1v) is 6.80. The van der Waals surface area contributed by atoms with Crippen molar-refractivity contribution < 1.29 is 32.3 Å². The first-order chi connectivity index (χ1) is 5.97. The SMILES string of the molecule is COP(=O)(OC(Cl)(Cl)Cl)OP(=O)(O)O. The van der Waals surface area contributed by atoms with Gasteiger partial charge in [-0.05, 0) is 0 Å². The van der Waals surface area contributed by atoms with Crippen molar-refractivity contribution >= 4 is 50.4 Å². The zero-order valence-electron chi connectivity index (χ0n) is 6.46. The van der Waals surface area contributed by atoms with E-state index in [1.165, 1.54) is 0 Å². The Morgan fingerprint density at radius 3 is 1.86 bits per heavy atom. The van der Waals surface area contributed by atoms with Gasteiger partial charge in [0.2, 0.25) is 0 Å². The summed E-state index contributed by atoms with van der Waals surface area (Å²) in [4.78, 5) is 16.6. The van der Waals surface area contributed by atoms with Crippen molar-refractivity contribution in [1.82, 2.24) is 0 Å².